The number of phenols is 1. The number of thioether (sulfide) groups is 1. The van der Waals surface area contributed by atoms with Crippen molar-refractivity contribution in [1.82, 2.24) is 0 Å². The van der Waals surface area contributed by atoms with Crippen molar-refractivity contribution in [3.63, 3.8) is 0 Å². The van der Waals surface area contributed by atoms with Crippen molar-refractivity contribution >= 4 is 17.7 Å². The first-order valence-corrected chi connectivity index (χ1v) is 5.70. The Balaban J connectivity index is 2.09. The Morgan fingerprint density at radius 1 is 1.47 bits per heavy atom. The van der Waals surface area contributed by atoms with Crippen LogP contribution >= 0.6 is 11.8 Å². The van der Waals surface area contributed by atoms with E-state index < -0.39 is 0 Å². The van der Waals surface area contributed by atoms with Gasteiger partial charge in [-0.2, -0.15) is 0 Å². The molecular weight excluding hydrogens is 212 g/mol. The van der Waals surface area contributed by atoms with Crippen LogP contribution < -0.4 is 0 Å². The van der Waals surface area contributed by atoms with Crippen molar-refractivity contribution in [2.45, 2.75) is 29.6 Å². The van der Waals surface area contributed by atoms with E-state index in [1.807, 2.05) is 13.0 Å². The SMILES string of the molecule is C[C@H]1C[C@H](Sc2ccccc2O)C(=O)O1. The molecule has 0 aliphatic carbocycles. The van der Waals surface area contributed by atoms with Crippen molar-refractivity contribution in [3.8, 4) is 5.75 Å². The minimum atomic E-state index is -0.187. The van der Waals surface area contributed by atoms with Gasteiger partial charge in [0.05, 0.1) is 0 Å². The zero-order valence-electron chi connectivity index (χ0n) is 8.34. The Hall–Kier alpha value is -1.16. The standard InChI is InChI=1S/C11H12O3S/c1-7-6-10(11(13)14-7)15-9-5-3-2-4-8(9)12/h2-5,7,10,12H,6H2,1H3/t7-,10-/m0/s1. The molecule has 15 heavy (non-hydrogen) atoms. The molecule has 0 bridgehead atoms. The maximum absolute atomic E-state index is 11.4. The van der Waals surface area contributed by atoms with Gasteiger partial charge in [-0.1, -0.05) is 12.1 Å². The average molecular weight is 224 g/mol. The molecule has 0 saturated carbocycles. The highest BCUT2D eigenvalue weighted by molar-refractivity contribution is 8.00. The number of carbonyl (C=O) groups excluding carboxylic acids is 1. The summed E-state index contributed by atoms with van der Waals surface area (Å²) in [5.74, 6) is 0.0330. The summed E-state index contributed by atoms with van der Waals surface area (Å²) in [6, 6.07) is 7.02. The number of ether oxygens (including phenoxy) is 1. The van der Waals surface area contributed by atoms with Crippen LogP contribution in [0.2, 0.25) is 0 Å². The molecule has 0 unspecified atom stereocenters. The normalized spacial score (nSPS) is 25.3. The van der Waals surface area contributed by atoms with E-state index in [0.29, 0.717) is 6.42 Å². The molecule has 1 heterocycles. The van der Waals surface area contributed by atoms with Crippen LogP contribution in [0.1, 0.15) is 13.3 Å². The highest BCUT2D eigenvalue weighted by atomic mass is 32.2. The van der Waals surface area contributed by atoms with Crippen molar-refractivity contribution in [1.29, 1.82) is 0 Å². The number of carbonyl (C=O) groups is 1. The molecule has 2 atom stereocenters. The van der Waals surface area contributed by atoms with Gasteiger partial charge in [-0.15, -0.1) is 11.8 Å². The Labute approximate surface area is 92.4 Å². The lowest BCUT2D eigenvalue weighted by Gasteiger charge is -2.06. The van der Waals surface area contributed by atoms with Crippen LogP contribution in [-0.2, 0) is 9.53 Å². The number of aromatic hydroxyl groups is 1. The summed E-state index contributed by atoms with van der Waals surface area (Å²) in [5, 5.41) is 9.36. The Bertz CT molecular complexity index is 378. The maximum atomic E-state index is 11.4. The van der Waals surface area contributed by atoms with Crippen LogP contribution in [0.15, 0.2) is 29.2 Å². The second-order valence-corrected chi connectivity index (χ2v) is 4.80. The van der Waals surface area contributed by atoms with Gasteiger partial charge in [0.2, 0.25) is 0 Å². The van der Waals surface area contributed by atoms with E-state index in [0.717, 1.165) is 4.90 Å². The molecule has 3 nitrogen and oxygen atoms in total. The van der Waals surface area contributed by atoms with Crippen molar-refractivity contribution in [3.05, 3.63) is 24.3 Å². The number of cyclic esters (lactones) is 1. The lowest BCUT2D eigenvalue weighted by atomic mass is 10.3. The number of hydrogen-bond donors (Lipinski definition) is 1. The second-order valence-electron chi connectivity index (χ2n) is 3.56. The third kappa shape index (κ3) is 2.26. The first-order valence-electron chi connectivity index (χ1n) is 4.82. The van der Waals surface area contributed by atoms with E-state index in [1.165, 1.54) is 11.8 Å². The van der Waals surface area contributed by atoms with Gasteiger partial charge in [-0.3, -0.25) is 4.79 Å². The van der Waals surface area contributed by atoms with Gasteiger partial charge in [0.25, 0.3) is 0 Å². The molecule has 0 spiro atoms. The molecule has 80 valence electrons. The topological polar surface area (TPSA) is 46.5 Å². The van der Waals surface area contributed by atoms with E-state index in [-0.39, 0.29) is 23.1 Å². The van der Waals surface area contributed by atoms with Crippen LogP contribution in [0.5, 0.6) is 5.75 Å². The van der Waals surface area contributed by atoms with Crippen LogP contribution in [0.25, 0.3) is 0 Å². The highest BCUT2D eigenvalue weighted by Crippen LogP contribution is 2.36. The summed E-state index contributed by atoms with van der Waals surface area (Å²) in [6.45, 7) is 1.88. The average Bonchev–Trinajstić information content (AvgIpc) is 2.49. The molecule has 1 fully saturated rings. The number of hydrogen-bond acceptors (Lipinski definition) is 4. The van der Waals surface area contributed by atoms with Crippen molar-refractivity contribution in [2.75, 3.05) is 0 Å². The number of rotatable bonds is 2. The molecule has 1 N–H and O–H groups in total. The molecule has 4 heteroatoms. The minimum Gasteiger partial charge on any atom is -0.507 e. The largest absolute Gasteiger partial charge is 0.507 e. The van der Waals surface area contributed by atoms with Crippen LogP contribution in [0, 0.1) is 0 Å². The van der Waals surface area contributed by atoms with Gasteiger partial charge < -0.3 is 9.84 Å². The highest BCUT2D eigenvalue weighted by Gasteiger charge is 2.32. The fraction of sp³-hybridized carbons (Fsp3) is 0.364. The monoisotopic (exact) mass is 224 g/mol. The molecule has 0 amide bonds. The van der Waals surface area contributed by atoms with E-state index in [9.17, 15) is 9.90 Å². The van der Waals surface area contributed by atoms with E-state index in [2.05, 4.69) is 0 Å². The van der Waals surface area contributed by atoms with Crippen molar-refractivity contribution in [2.24, 2.45) is 0 Å². The van der Waals surface area contributed by atoms with Gasteiger partial charge >= 0.3 is 5.97 Å². The third-order valence-corrected chi connectivity index (χ3v) is 3.53. The van der Waals surface area contributed by atoms with E-state index >= 15 is 0 Å². The predicted molar refractivity (Wildman–Crippen MR) is 57.9 cm³/mol. The summed E-state index contributed by atoms with van der Waals surface area (Å²) in [7, 11) is 0. The van der Waals surface area contributed by atoms with Gasteiger partial charge in [0, 0.05) is 11.3 Å². The zero-order valence-corrected chi connectivity index (χ0v) is 9.16. The van der Waals surface area contributed by atoms with Gasteiger partial charge in [-0.25, -0.2) is 0 Å². The molecule has 0 radical (unpaired) electrons. The summed E-state index contributed by atoms with van der Waals surface area (Å²) >= 11 is 1.37. The Morgan fingerprint density at radius 2 is 2.20 bits per heavy atom. The summed E-state index contributed by atoms with van der Waals surface area (Å²) < 4.78 is 5.04. The van der Waals surface area contributed by atoms with E-state index in [1.54, 1.807) is 18.2 Å². The zero-order chi connectivity index (χ0) is 10.8. The summed E-state index contributed by atoms with van der Waals surface area (Å²) in [4.78, 5) is 12.1. The smallest absolute Gasteiger partial charge is 0.319 e. The van der Waals surface area contributed by atoms with Crippen LogP contribution in [0.3, 0.4) is 0 Å². The molecular formula is C11H12O3S. The van der Waals surface area contributed by atoms with Crippen LogP contribution in [0.4, 0.5) is 0 Å². The second kappa shape index (κ2) is 4.14. The molecule has 1 aliphatic rings. The number of para-hydroxylation sites is 1. The fourth-order valence-corrected chi connectivity index (χ4v) is 2.70. The minimum absolute atomic E-state index is 0.0131. The molecule has 2 rings (SSSR count). The van der Waals surface area contributed by atoms with E-state index in [4.69, 9.17) is 4.74 Å². The number of esters is 1. The van der Waals surface area contributed by atoms with Gasteiger partial charge in [0.15, 0.2) is 0 Å². The molecule has 1 aromatic rings. The van der Waals surface area contributed by atoms with Gasteiger partial charge in [0.1, 0.15) is 17.1 Å². The van der Waals surface area contributed by atoms with Gasteiger partial charge in [-0.05, 0) is 19.1 Å². The Morgan fingerprint density at radius 3 is 2.80 bits per heavy atom. The molecule has 1 aliphatic heterocycles. The lowest BCUT2D eigenvalue weighted by molar-refractivity contribution is -0.140. The summed E-state index contributed by atoms with van der Waals surface area (Å²) in [6.07, 6.45) is 0.693. The quantitative estimate of drug-likeness (QED) is 0.782. The summed E-state index contributed by atoms with van der Waals surface area (Å²) in [5.41, 5.74) is 0. The lowest BCUT2D eigenvalue weighted by Crippen LogP contribution is -2.09. The third-order valence-electron chi connectivity index (χ3n) is 2.26. The maximum Gasteiger partial charge on any atom is 0.319 e. The van der Waals surface area contributed by atoms with Crippen LogP contribution in [-0.4, -0.2) is 22.4 Å². The fourth-order valence-electron chi connectivity index (χ4n) is 1.53. The first kappa shape index (κ1) is 10.4. The molecule has 1 saturated heterocycles. The Kier molecular flexibility index (Phi) is 2.86. The molecule has 0 aromatic heterocycles. The molecule has 1 aromatic carbocycles. The first-order chi connectivity index (χ1) is 7.16. The number of benzene rings is 1. The number of phenolic OH excluding ortho intramolecular Hbond substituents is 1. The van der Waals surface area contributed by atoms with Crippen molar-refractivity contribution < 1.29 is 14.6 Å². The predicted octanol–water partition coefficient (Wildman–Crippen LogP) is 2.19.